The van der Waals surface area contributed by atoms with E-state index >= 15 is 0 Å². The Hall–Kier alpha value is -1.82. The van der Waals surface area contributed by atoms with Crippen LogP contribution < -0.4 is 0 Å². The molecule has 1 aliphatic carbocycles. The number of benzene rings is 1. The third kappa shape index (κ3) is 3.10. The maximum Gasteiger partial charge on any atom is -0.0157 e. The molecule has 0 unspecified atom stereocenters. The molecule has 0 saturated heterocycles. The molecule has 0 saturated carbocycles. The van der Waals surface area contributed by atoms with Crippen LogP contribution in [0.5, 0.6) is 0 Å². The Morgan fingerprint density at radius 3 is 2.67 bits per heavy atom. The first-order valence-corrected chi connectivity index (χ1v) is 5.22. The van der Waals surface area contributed by atoms with Crippen LogP contribution in [-0.2, 0) is 0 Å². The van der Waals surface area contributed by atoms with Crippen molar-refractivity contribution in [1.82, 2.24) is 0 Å². The summed E-state index contributed by atoms with van der Waals surface area (Å²) >= 11 is 0. The lowest BCUT2D eigenvalue weighted by atomic mass is 10.1. The van der Waals surface area contributed by atoms with Crippen LogP contribution in [0.3, 0.4) is 0 Å². The van der Waals surface area contributed by atoms with Crippen LogP contribution in [0.4, 0.5) is 0 Å². The number of rotatable bonds is 2. The van der Waals surface area contributed by atoms with Crippen LogP contribution >= 0.6 is 0 Å². The summed E-state index contributed by atoms with van der Waals surface area (Å²) in [7, 11) is 0. The third-order valence-corrected chi connectivity index (χ3v) is 2.29. The van der Waals surface area contributed by atoms with Crippen molar-refractivity contribution < 1.29 is 0 Å². The van der Waals surface area contributed by atoms with E-state index in [1.165, 1.54) is 11.1 Å². The first kappa shape index (κ1) is 9.72. The van der Waals surface area contributed by atoms with Gasteiger partial charge >= 0.3 is 0 Å². The summed E-state index contributed by atoms with van der Waals surface area (Å²) in [4.78, 5) is 0. The van der Waals surface area contributed by atoms with Gasteiger partial charge in [0.2, 0.25) is 0 Å². The lowest BCUT2D eigenvalue weighted by Crippen LogP contribution is -1.72. The molecule has 0 heterocycles. The molecule has 2 rings (SSSR count). The molecule has 0 heteroatoms. The Kier molecular flexibility index (Phi) is 3.34. The van der Waals surface area contributed by atoms with Gasteiger partial charge in [-0.2, -0.15) is 0 Å². The number of allylic oxidation sites excluding steroid dienone is 7. The molecular formula is C15H14. The zero-order valence-electron chi connectivity index (χ0n) is 8.64. The Morgan fingerprint density at radius 2 is 1.80 bits per heavy atom. The van der Waals surface area contributed by atoms with Gasteiger partial charge in [-0.15, -0.1) is 0 Å². The molecule has 0 fully saturated rings. The second-order valence-corrected chi connectivity index (χ2v) is 3.47. The minimum atomic E-state index is 1.02. The van der Waals surface area contributed by atoms with Gasteiger partial charge in [0, 0.05) is 0 Å². The van der Waals surface area contributed by atoms with E-state index in [2.05, 4.69) is 66.8 Å². The van der Waals surface area contributed by atoms with Crippen LogP contribution in [0.15, 0.2) is 72.4 Å². The standard InChI is InChI=1S/C15H14/c1-2-5-9-14(8-4-1)12-13-15-10-6-3-7-11-15/h1-4,6-13H,5H2/b13-12-. The van der Waals surface area contributed by atoms with Crippen LogP contribution in [-0.4, -0.2) is 0 Å². The monoisotopic (exact) mass is 194 g/mol. The first-order valence-electron chi connectivity index (χ1n) is 5.22. The van der Waals surface area contributed by atoms with E-state index in [4.69, 9.17) is 0 Å². The molecule has 0 aliphatic heterocycles. The fourth-order valence-corrected chi connectivity index (χ4v) is 1.48. The first-order chi connectivity index (χ1) is 7.45. The minimum Gasteiger partial charge on any atom is -0.0807 e. The van der Waals surface area contributed by atoms with Crippen molar-refractivity contribution in [3.63, 3.8) is 0 Å². The zero-order chi connectivity index (χ0) is 10.3. The van der Waals surface area contributed by atoms with Crippen molar-refractivity contribution in [1.29, 1.82) is 0 Å². The lowest BCUT2D eigenvalue weighted by molar-refractivity contribution is 1.38. The van der Waals surface area contributed by atoms with Gasteiger partial charge in [-0.1, -0.05) is 72.9 Å². The number of hydrogen-bond acceptors (Lipinski definition) is 0. The van der Waals surface area contributed by atoms with Crippen molar-refractivity contribution in [2.75, 3.05) is 0 Å². The van der Waals surface area contributed by atoms with Crippen LogP contribution in [0, 0.1) is 0 Å². The Bertz CT molecular complexity index is 417. The highest BCUT2D eigenvalue weighted by Crippen LogP contribution is 2.09. The van der Waals surface area contributed by atoms with Gasteiger partial charge in [-0.25, -0.2) is 0 Å². The van der Waals surface area contributed by atoms with Crippen molar-refractivity contribution in [2.24, 2.45) is 0 Å². The normalized spacial score (nSPS) is 15.3. The van der Waals surface area contributed by atoms with E-state index in [0.29, 0.717) is 0 Å². The van der Waals surface area contributed by atoms with Crippen molar-refractivity contribution in [3.8, 4) is 0 Å². The molecule has 0 bridgehead atoms. The molecule has 0 nitrogen and oxygen atoms in total. The summed E-state index contributed by atoms with van der Waals surface area (Å²) in [6, 6.07) is 10.4. The maximum absolute atomic E-state index is 2.22. The summed E-state index contributed by atoms with van der Waals surface area (Å²) in [5, 5.41) is 0. The predicted octanol–water partition coefficient (Wildman–Crippen LogP) is 4.14. The molecule has 1 aromatic carbocycles. The van der Waals surface area contributed by atoms with Gasteiger partial charge in [-0.05, 0) is 17.6 Å². The van der Waals surface area contributed by atoms with Gasteiger partial charge in [0.25, 0.3) is 0 Å². The molecule has 0 spiro atoms. The Morgan fingerprint density at radius 1 is 0.933 bits per heavy atom. The maximum atomic E-state index is 2.22. The van der Waals surface area contributed by atoms with Crippen molar-refractivity contribution >= 4 is 6.08 Å². The fraction of sp³-hybridized carbons (Fsp3) is 0.0667. The van der Waals surface area contributed by atoms with E-state index in [1.807, 2.05) is 6.07 Å². The molecule has 0 atom stereocenters. The van der Waals surface area contributed by atoms with Crippen LogP contribution in [0.25, 0.3) is 6.08 Å². The van der Waals surface area contributed by atoms with Gasteiger partial charge in [0.05, 0.1) is 0 Å². The molecule has 0 radical (unpaired) electrons. The number of hydrogen-bond donors (Lipinski definition) is 0. The molecule has 0 amide bonds. The van der Waals surface area contributed by atoms with Crippen LogP contribution in [0.1, 0.15) is 12.0 Å². The molecule has 0 N–H and O–H groups in total. The molecule has 1 aliphatic rings. The van der Waals surface area contributed by atoms with Crippen molar-refractivity contribution in [3.05, 3.63) is 77.9 Å². The quantitative estimate of drug-likeness (QED) is 0.663. The van der Waals surface area contributed by atoms with Crippen molar-refractivity contribution in [2.45, 2.75) is 6.42 Å². The van der Waals surface area contributed by atoms with E-state index < -0.39 is 0 Å². The predicted molar refractivity (Wildman–Crippen MR) is 66.5 cm³/mol. The highest BCUT2D eigenvalue weighted by atomic mass is 13.9. The Balaban J connectivity index is 2.09. The minimum absolute atomic E-state index is 1.02. The second kappa shape index (κ2) is 5.16. The summed E-state index contributed by atoms with van der Waals surface area (Å²) < 4.78 is 0. The van der Waals surface area contributed by atoms with E-state index in [9.17, 15) is 0 Å². The largest absolute Gasteiger partial charge is 0.0807 e. The summed E-state index contributed by atoms with van der Waals surface area (Å²) in [5.41, 5.74) is 2.51. The molecule has 1 aromatic rings. The molecule has 0 aromatic heterocycles. The second-order valence-electron chi connectivity index (χ2n) is 3.47. The van der Waals surface area contributed by atoms with E-state index in [1.54, 1.807) is 0 Å². The van der Waals surface area contributed by atoms with Gasteiger partial charge in [0.15, 0.2) is 0 Å². The third-order valence-electron chi connectivity index (χ3n) is 2.29. The molecule has 74 valence electrons. The van der Waals surface area contributed by atoms with E-state index in [0.717, 1.165) is 6.42 Å². The van der Waals surface area contributed by atoms with Gasteiger partial charge in [0.1, 0.15) is 0 Å². The molecule has 15 heavy (non-hydrogen) atoms. The average molecular weight is 194 g/mol. The Labute approximate surface area is 91.0 Å². The van der Waals surface area contributed by atoms with E-state index in [-0.39, 0.29) is 0 Å². The van der Waals surface area contributed by atoms with Crippen LogP contribution in [0.2, 0.25) is 0 Å². The highest BCUT2D eigenvalue weighted by molar-refractivity contribution is 5.54. The summed E-state index contributed by atoms with van der Waals surface area (Å²) in [6.07, 6.45) is 16.0. The fourth-order valence-electron chi connectivity index (χ4n) is 1.48. The van der Waals surface area contributed by atoms with Gasteiger partial charge < -0.3 is 0 Å². The highest BCUT2D eigenvalue weighted by Gasteiger charge is 1.88. The summed E-state index contributed by atoms with van der Waals surface area (Å²) in [6.45, 7) is 0. The zero-order valence-corrected chi connectivity index (χ0v) is 8.64. The topological polar surface area (TPSA) is 0 Å². The average Bonchev–Trinajstić information content (AvgIpc) is 2.56. The SMILES string of the molecule is C1=CCC=C(/C=C\c2ccccc2)C=C1. The summed E-state index contributed by atoms with van der Waals surface area (Å²) in [5.74, 6) is 0. The smallest absolute Gasteiger partial charge is 0.0157 e. The lowest BCUT2D eigenvalue weighted by Gasteiger charge is -1.93. The molecular weight excluding hydrogens is 180 g/mol. The van der Waals surface area contributed by atoms with Gasteiger partial charge in [-0.3, -0.25) is 0 Å².